The highest BCUT2D eigenvalue weighted by Gasteiger charge is 2.25. The first kappa shape index (κ1) is 22.2. The molecule has 0 spiro atoms. The topological polar surface area (TPSA) is 88.9 Å². The number of hydrogen-bond acceptors (Lipinski definition) is 6. The molecule has 1 aromatic carbocycles. The number of nitrogens with zero attached hydrogens (tertiary/aromatic N) is 5. The van der Waals surface area contributed by atoms with E-state index in [0.29, 0.717) is 19.1 Å². The molecule has 0 amide bonds. The summed E-state index contributed by atoms with van der Waals surface area (Å²) in [6, 6.07) is 6.62. The molecule has 1 N–H and O–H groups in total. The van der Waals surface area contributed by atoms with Crippen molar-refractivity contribution >= 4 is 10.9 Å². The highest BCUT2D eigenvalue weighted by atomic mass is 16.5. The smallest absolute Gasteiger partial charge is 0.252 e. The molecule has 33 heavy (non-hydrogen) atoms. The minimum absolute atomic E-state index is 0.0324. The zero-order chi connectivity index (χ0) is 22.8. The predicted molar refractivity (Wildman–Crippen MR) is 127 cm³/mol. The molecule has 176 valence electrons. The van der Waals surface area contributed by atoms with E-state index < -0.39 is 0 Å². The number of tetrazole rings is 1. The van der Waals surface area contributed by atoms with Gasteiger partial charge in [-0.1, -0.05) is 19.3 Å². The standard InChI is InChI=1S/C25H34N6O2/c1-17-11-19-13-20(25(32)26-23(19)12-18(17)2)14-30(15-22-9-6-10-33-22)16-24-27-28-29-31(24)21-7-4-3-5-8-21/h11-13,21-22H,3-10,14-16H2,1-2H3,(H,26,32)/t22-/m0/s1. The highest BCUT2D eigenvalue weighted by Crippen LogP contribution is 2.28. The van der Waals surface area contributed by atoms with Crippen LogP contribution in [0.5, 0.6) is 0 Å². The van der Waals surface area contributed by atoms with Gasteiger partial charge in [0.2, 0.25) is 0 Å². The number of pyridine rings is 1. The third kappa shape index (κ3) is 5.01. The van der Waals surface area contributed by atoms with Crippen molar-refractivity contribution in [1.29, 1.82) is 0 Å². The molecule has 1 atom stereocenters. The van der Waals surface area contributed by atoms with Gasteiger partial charge >= 0.3 is 0 Å². The van der Waals surface area contributed by atoms with Gasteiger partial charge in [-0.15, -0.1) is 5.10 Å². The van der Waals surface area contributed by atoms with Gasteiger partial charge in [-0.3, -0.25) is 9.69 Å². The lowest BCUT2D eigenvalue weighted by Crippen LogP contribution is -2.34. The van der Waals surface area contributed by atoms with Crippen molar-refractivity contribution in [3.63, 3.8) is 0 Å². The van der Waals surface area contributed by atoms with E-state index in [9.17, 15) is 4.79 Å². The molecule has 3 aromatic rings. The number of nitrogens with one attached hydrogen (secondary N) is 1. The Morgan fingerprint density at radius 2 is 1.88 bits per heavy atom. The van der Waals surface area contributed by atoms with Gasteiger partial charge in [0, 0.05) is 30.8 Å². The molecule has 1 aliphatic carbocycles. The van der Waals surface area contributed by atoms with Crippen LogP contribution in [0.3, 0.4) is 0 Å². The van der Waals surface area contributed by atoms with Crippen molar-refractivity contribution in [2.75, 3.05) is 13.2 Å². The van der Waals surface area contributed by atoms with Gasteiger partial charge in [0.15, 0.2) is 5.82 Å². The van der Waals surface area contributed by atoms with Crippen LogP contribution in [0.15, 0.2) is 23.0 Å². The molecule has 3 heterocycles. The Labute approximate surface area is 194 Å². The van der Waals surface area contributed by atoms with E-state index in [1.165, 1.54) is 30.4 Å². The summed E-state index contributed by atoms with van der Waals surface area (Å²) in [6.07, 6.45) is 8.35. The summed E-state index contributed by atoms with van der Waals surface area (Å²) < 4.78 is 7.96. The van der Waals surface area contributed by atoms with Crippen molar-refractivity contribution in [3.8, 4) is 0 Å². The number of aromatic amines is 1. The predicted octanol–water partition coefficient (Wildman–Crippen LogP) is 3.82. The molecule has 5 rings (SSSR count). The van der Waals surface area contributed by atoms with Crippen molar-refractivity contribution in [2.24, 2.45) is 0 Å². The number of fused-ring (bicyclic) bond motifs is 1. The Bertz CT molecular complexity index is 1160. The molecule has 8 nitrogen and oxygen atoms in total. The van der Waals surface area contributed by atoms with Gasteiger partial charge in [0.05, 0.1) is 18.7 Å². The summed E-state index contributed by atoms with van der Waals surface area (Å²) in [5.41, 5.74) is 4.03. The third-order valence-electron chi connectivity index (χ3n) is 7.26. The lowest BCUT2D eigenvalue weighted by Gasteiger charge is -2.27. The SMILES string of the molecule is Cc1cc2cc(CN(Cc3nnnn3C3CCCCC3)C[C@@H]3CCCO3)c(=O)[nH]c2cc1C. The molecule has 1 aliphatic heterocycles. The van der Waals surface area contributed by atoms with Crippen molar-refractivity contribution in [1.82, 2.24) is 30.1 Å². The molecule has 1 saturated carbocycles. The van der Waals surface area contributed by atoms with Crippen LogP contribution in [0, 0.1) is 13.8 Å². The highest BCUT2D eigenvalue weighted by molar-refractivity contribution is 5.80. The summed E-state index contributed by atoms with van der Waals surface area (Å²) in [7, 11) is 0. The fourth-order valence-corrected chi connectivity index (χ4v) is 5.27. The number of H-pyrrole nitrogens is 1. The Balaban J connectivity index is 1.41. The molecule has 0 bridgehead atoms. The van der Waals surface area contributed by atoms with Gasteiger partial charge in [0.25, 0.3) is 5.56 Å². The minimum Gasteiger partial charge on any atom is -0.377 e. The van der Waals surface area contributed by atoms with Crippen LogP contribution in [0.1, 0.15) is 73.5 Å². The fourth-order valence-electron chi connectivity index (χ4n) is 5.27. The lowest BCUT2D eigenvalue weighted by molar-refractivity contribution is 0.0659. The van der Waals surface area contributed by atoms with Gasteiger partial charge in [0.1, 0.15) is 0 Å². The zero-order valence-electron chi connectivity index (χ0n) is 19.7. The van der Waals surface area contributed by atoms with Gasteiger partial charge in [-0.2, -0.15) is 0 Å². The Hall–Kier alpha value is -2.58. The number of aromatic nitrogens is 5. The van der Waals surface area contributed by atoms with Crippen LogP contribution in [-0.2, 0) is 17.8 Å². The average molecular weight is 451 g/mol. The number of aryl methyl sites for hydroxylation is 2. The van der Waals surface area contributed by atoms with E-state index in [-0.39, 0.29) is 11.7 Å². The van der Waals surface area contributed by atoms with E-state index in [2.05, 4.69) is 51.4 Å². The number of benzene rings is 1. The van der Waals surface area contributed by atoms with Crippen molar-refractivity contribution < 1.29 is 4.74 Å². The monoisotopic (exact) mass is 450 g/mol. The van der Waals surface area contributed by atoms with E-state index in [1.807, 2.05) is 10.7 Å². The van der Waals surface area contributed by atoms with Gasteiger partial charge in [-0.05, 0) is 84.7 Å². The first-order chi connectivity index (χ1) is 16.1. The van der Waals surface area contributed by atoms with Gasteiger partial charge in [-0.25, -0.2) is 4.68 Å². The molecule has 1 saturated heterocycles. The first-order valence-corrected chi connectivity index (χ1v) is 12.3. The normalized spacial score (nSPS) is 19.7. The summed E-state index contributed by atoms with van der Waals surface area (Å²) >= 11 is 0. The summed E-state index contributed by atoms with van der Waals surface area (Å²) in [6.45, 7) is 6.90. The second kappa shape index (κ2) is 9.73. The quantitative estimate of drug-likeness (QED) is 0.589. The van der Waals surface area contributed by atoms with Crippen LogP contribution in [-0.4, -0.2) is 49.3 Å². The fraction of sp³-hybridized carbons (Fsp3) is 0.600. The summed E-state index contributed by atoms with van der Waals surface area (Å²) in [5, 5.41) is 13.8. The maximum atomic E-state index is 13.0. The second-order valence-corrected chi connectivity index (χ2v) is 9.78. The van der Waals surface area contributed by atoms with Gasteiger partial charge < -0.3 is 9.72 Å². The van der Waals surface area contributed by atoms with E-state index in [0.717, 1.165) is 61.1 Å². The molecule has 2 aromatic heterocycles. The Morgan fingerprint density at radius 3 is 2.67 bits per heavy atom. The summed E-state index contributed by atoms with van der Waals surface area (Å²) in [4.78, 5) is 18.3. The molecule has 0 unspecified atom stereocenters. The maximum absolute atomic E-state index is 13.0. The van der Waals surface area contributed by atoms with Crippen molar-refractivity contribution in [3.05, 3.63) is 51.1 Å². The largest absolute Gasteiger partial charge is 0.377 e. The van der Waals surface area contributed by atoms with Crippen LogP contribution in [0.2, 0.25) is 0 Å². The average Bonchev–Trinajstić information content (AvgIpc) is 3.48. The van der Waals surface area contributed by atoms with E-state index in [1.54, 1.807) is 0 Å². The minimum atomic E-state index is -0.0324. The summed E-state index contributed by atoms with van der Waals surface area (Å²) in [5.74, 6) is 0.878. The Morgan fingerprint density at radius 1 is 1.06 bits per heavy atom. The zero-order valence-corrected chi connectivity index (χ0v) is 19.7. The van der Waals surface area contributed by atoms with E-state index in [4.69, 9.17) is 4.74 Å². The number of rotatable bonds is 7. The maximum Gasteiger partial charge on any atom is 0.252 e. The Kier molecular flexibility index (Phi) is 6.55. The molecule has 2 fully saturated rings. The van der Waals surface area contributed by atoms with Crippen molar-refractivity contribution in [2.45, 2.75) is 84.0 Å². The lowest BCUT2D eigenvalue weighted by atomic mass is 9.95. The first-order valence-electron chi connectivity index (χ1n) is 12.3. The number of hydrogen-bond donors (Lipinski definition) is 1. The van der Waals surface area contributed by atoms with E-state index >= 15 is 0 Å². The molecular weight excluding hydrogens is 416 g/mol. The second-order valence-electron chi connectivity index (χ2n) is 9.78. The van der Waals surface area contributed by atoms with Crippen LogP contribution in [0.25, 0.3) is 10.9 Å². The molecule has 0 radical (unpaired) electrons. The molecule has 8 heteroatoms. The molecule has 2 aliphatic rings. The van der Waals surface area contributed by atoms with Crippen LogP contribution in [0.4, 0.5) is 0 Å². The number of ether oxygens (including phenoxy) is 1. The molecular formula is C25H34N6O2. The van der Waals surface area contributed by atoms with Crippen LogP contribution >= 0.6 is 0 Å². The third-order valence-corrected chi connectivity index (χ3v) is 7.26. The van der Waals surface area contributed by atoms with Crippen LogP contribution < -0.4 is 5.56 Å².